The van der Waals surface area contributed by atoms with Gasteiger partial charge >= 0.3 is 0 Å². The normalized spacial score (nSPS) is 16.2. The summed E-state index contributed by atoms with van der Waals surface area (Å²) in [6.07, 6.45) is 2.49. The fourth-order valence-corrected chi connectivity index (χ4v) is 2.41. The lowest BCUT2D eigenvalue weighted by Crippen LogP contribution is -2.45. The summed E-state index contributed by atoms with van der Waals surface area (Å²) in [6.45, 7) is 3.69. The molecule has 88 valence electrons. The van der Waals surface area contributed by atoms with Crippen LogP contribution in [-0.2, 0) is 6.54 Å². The number of rotatable bonds is 4. The molecule has 16 heavy (non-hydrogen) atoms. The fraction of sp³-hybridized carbons (Fsp3) is 0.545. The lowest BCUT2D eigenvalue weighted by Gasteiger charge is -2.24. The minimum Gasteiger partial charge on any atom is -0.334 e. The molecule has 1 fully saturated rings. The van der Waals surface area contributed by atoms with Crippen LogP contribution in [0.3, 0.4) is 0 Å². The summed E-state index contributed by atoms with van der Waals surface area (Å²) in [7, 11) is 0. The molecule has 2 rings (SSSR count). The molecule has 1 heterocycles. The average Bonchev–Trinajstić information content (AvgIpc) is 3.01. The predicted octanol–water partition coefficient (Wildman–Crippen LogP) is 1.55. The molecule has 0 aromatic carbocycles. The van der Waals surface area contributed by atoms with Gasteiger partial charge in [0.05, 0.1) is 6.54 Å². The SMILES string of the molecule is CCN=C(NN)N(Cc1cccs1)C1CC1. The van der Waals surface area contributed by atoms with Crippen molar-refractivity contribution >= 4 is 17.3 Å². The molecule has 1 aromatic heterocycles. The number of hydrogen-bond acceptors (Lipinski definition) is 3. The Morgan fingerprint density at radius 2 is 2.50 bits per heavy atom. The zero-order valence-corrected chi connectivity index (χ0v) is 10.3. The molecule has 1 aliphatic rings. The molecule has 0 aliphatic heterocycles. The molecular formula is C11H18N4S. The van der Waals surface area contributed by atoms with Crippen LogP contribution < -0.4 is 11.3 Å². The first-order valence-electron chi connectivity index (χ1n) is 5.65. The Morgan fingerprint density at radius 1 is 1.69 bits per heavy atom. The van der Waals surface area contributed by atoms with Crippen LogP contribution in [0.1, 0.15) is 24.6 Å². The molecule has 0 saturated heterocycles. The van der Waals surface area contributed by atoms with Crippen molar-refractivity contribution in [2.75, 3.05) is 6.54 Å². The topological polar surface area (TPSA) is 53.6 Å². The van der Waals surface area contributed by atoms with Gasteiger partial charge in [0.2, 0.25) is 5.96 Å². The van der Waals surface area contributed by atoms with Gasteiger partial charge in [0.1, 0.15) is 0 Å². The Kier molecular flexibility index (Phi) is 3.79. The van der Waals surface area contributed by atoms with Crippen LogP contribution in [-0.4, -0.2) is 23.4 Å². The third-order valence-corrected chi connectivity index (χ3v) is 3.46. The highest BCUT2D eigenvalue weighted by molar-refractivity contribution is 7.09. The minimum atomic E-state index is 0.614. The zero-order chi connectivity index (χ0) is 11.4. The maximum absolute atomic E-state index is 5.54. The van der Waals surface area contributed by atoms with E-state index in [1.807, 2.05) is 6.92 Å². The number of hydrogen-bond donors (Lipinski definition) is 2. The van der Waals surface area contributed by atoms with E-state index in [1.165, 1.54) is 17.7 Å². The molecule has 1 aromatic rings. The van der Waals surface area contributed by atoms with Gasteiger partial charge in [-0.15, -0.1) is 11.3 Å². The number of aliphatic imine (C=N–C) groups is 1. The van der Waals surface area contributed by atoms with Crippen molar-refractivity contribution in [2.45, 2.75) is 32.4 Å². The third-order valence-electron chi connectivity index (χ3n) is 2.60. The summed E-state index contributed by atoms with van der Waals surface area (Å²) >= 11 is 1.78. The summed E-state index contributed by atoms with van der Waals surface area (Å²) in [4.78, 5) is 8.02. The van der Waals surface area contributed by atoms with Crippen molar-refractivity contribution < 1.29 is 0 Å². The van der Waals surface area contributed by atoms with Crippen molar-refractivity contribution in [1.29, 1.82) is 0 Å². The van der Waals surface area contributed by atoms with Gasteiger partial charge in [0, 0.05) is 17.5 Å². The van der Waals surface area contributed by atoms with Gasteiger partial charge in [-0.05, 0) is 31.2 Å². The van der Waals surface area contributed by atoms with E-state index in [4.69, 9.17) is 5.84 Å². The van der Waals surface area contributed by atoms with Crippen molar-refractivity contribution in [3.05, 3.63) is 22.4 Å². The second-order valence-electron chi connectivity index (χ2n) is 3.88. The highest BCUT2D eigenvalue weighted by Crippen LogP contribution is 2.29. The molecule has 0 unspecified atom stereocenters. The maximum atomic E-state index is 5.54. The lowest BCUT2D eigenvalue weighted by molar-refractivity contribution is 0.390. The van der Waals surface area contributed by atoms with E-state index in [2.05, 4.69) is 32.8 Å². The molecule has 0 bridgehead atoms. The highest BCUT2D eigenvalue weighted by Gasteiger charge is 2.31. The second-order valence-corrected chi connectivity index (χ2v) is 4.91. The van der Waals surface area contributed by atoms with E-state index < -0.39 is 0 Å². The molecule has 3 N–H and O–H groups in total. The molecule has 1 aliphatic carbocycles. The summed E-state index contributed by atoms with van der Waals surface area (Å²) < 4.78 is 0. The number of thiophene rings is 1. The third kappa shape index (κ3) is 2.74. The van der Waals surface area contributed by atoms with Crippen LogP contribution >= 0.6 is 11.3 Å². The van der Waals surface area contributed by atoms with Gasteiger partial charge in [-0.3, -0.25) is 10.4 Å². The van der Waals surface area contributed by atoms with Crippen LogP contribution in [0.4, 0.5) is 0 Å². The summed E-state index contributed by atoms with van der Waals surface area (Å²) in [5, 5.41) is 2.10. The fourth-order valence-electron chi connectivity index (χ4n) is 1.70. The smallest absolute Gasteiger partial charge is 0.208 e. The Hall–Kier alpha value is -1.07. The quantitative estimate of drug-likeness (QED) is 0.362. The minimum absolute atomic E-state index is 0.614. The Labute approximate surface area is 100 Å². The number of hydrazine groups is 1. The maximum Gasteiger partial charge on any atom is 0.208 e. The second kappa shape index (κ2) is 5.32. The van der Waals surface area contributed by atoms with Crippen molar-refractivity contribution in [1.82, 2.24) is 10.3 Å². The van der Waals surface area contributed by atoms with Gasteiger partial charge in [0.25, 0.3) is 0 Å². The first kappa shape index (κ1) is 11.4. The van der Waals surface area contributed by atoms with Gasteiger partial charge < -0.3 is 4.90 Å². The monoisotopic (exact) mass is 238 g/mol. The predicted molar refractivity (Wildman–Crippen MR) is 68.2 cm³/mol. The molecule has 1 saturated carbocycles. The van der Waals surface area contributed by atoms with E-state index >= 15 is 0 Å². The number of nitrogens with one attached hydrogen (secondary N) is 1. The van der Waals surface area contributed by atoms with Crippen LogP contribution in [0.25, 0.3) is 0 Å². The van der Waals surface area contributed by atoms with E-state index in [1.54, 1.807) is 11.3 Å². The Morgan fingerprint density at radius 3 is 3.00 bits per heavy atom. The van der Waals surface area contributed by atoms with Gasteiger partial charge in [-0.1, -0.05) is 6.07 Å². The lowest BCUT2D eigenvalue weighted by atomic mass is 10.4. The average molecular weight is 238 g/mol. The molecule has 0 spiro atoms. The zero-order valence-electron chi connectivity index (χ0n) is 9.52. The number of nitrogens with zero attached hydrogens (tertiary/aromatic N) is 2. The van der Waals surface area contributed by atoms with E-state index in [9.17, 15) is 0 Å². The van der Waals surface area contributed by atoms with Crippen LogP contribution in [0.2, 0.25) is 0 Å². The van der Waals surface area contributed by atoms with E-state index in [-0.39, 0.29) is 0 Å². The van der Waals surface area contributed by atoms with Crippen LogP contribution in [0, 0.1) is 0 Å². The number of nitrogens with two attached hydrogens (primary N) is 1. The van der Waals surface area contributed by atoms with Crippen LogP contribution in [0.5, 0.6) is 0 Å². The molecule has 0 radical (unpaired) electrons. The highest BCUT2D eigenvalue weighted by atomic mass is 32.1. The van der Waals surface area contributed by atoms with Crippen molar-refractivity contribution in [2.24, 2.45) is 10.8 Å². The van der Waals surface area contributed by atoms with E-state index in [0.717, 1.165) is 19.0 Å². The van der Waals surface area contributed by atoms with Crippen molar-refractivity contribution in [3.63, 3.8) is 0 Å². The molecular weight excluding hydrogens is 220 g/mol. The summed E-state index contributed by atoms with van der Waals surface area (Å²) in [5.41, 5.74) is 2.72. The standard InChI is InChI=1S/C11H18N4S/c1-2-13-11(14-12)15(9-5-6-9)8-10-4-3-7-16-10/h3-4,7,9H,2,5-6,8,12H2,1H3,(H,13,14). The van der Waals surface area contributed by atoms with Gasteiger partial charge in [-0.2, -0.15) is 0 Å². The van der Waals surface area contributed by atoms with Gasteiger partial charge in [-0.25, -0.2) is 5.84 Å². The Bertz CT molecular complexity index is 343. The summed E-state index contributed by atoms with van der Waals surface area (Å²) in [6, 6.07) is 4.85. The van der Waals surface area contributed by atoms with E-state index in [0.29, 0.717) is 6.04 Å². The first-order chi connectivity index (χ1) is 7.85. The van der Waals surface area contributed by atoms with Gasteiger partial charge in [0.15, 0.2) is 0 Å². The molecule has 0 atom stereocenters. The molecule has 0 amide bonds. The summed E-state index contributed by atoms with van der Waals surface area (Å²) in [5.74, 6) is 6.35. The molecule has 5 heteroatoms. The first-order valence-corrected chi connectivity index (χ1v) is 6.53. The van der Waals surface area contributed by atoms with Crippen LogP contribution in [0.15, 0.2) is 22.5 Å². The molecule has 4 nitrogen and oxygen atoms in total. The number of guanidine groups is 1. The Balaban J connectivity index is 2.07. The van der Waals surface area contributed by atoms with Crippen molar-refractivity contribution in [3.8, 4) is 0 Å². The largest absolute Gasteiger partial charge is 0.334 e.